The molecule has 0 bridgehead atoms. The van der Waals surface area contributed by atoms with Crippen LogP contribution in [-0.2, 0) is 4.79 Å². The van der Waals surface area contributed by atoms with Crippen molar-refractivity contribution in [3.63, 3.8) is 0 Å². The maximum absolute atomic E-state index is 14.3. The Balaban J connectivity index is 1.66. The largest absolute Gasteiger partial charge is 0.475 e. The molecule has 4 nitrogen and oxygen atoms in total. The van der Waals surface area contributed by atoms with Gasteiger partial charge in [-0.05, 0) is 43.0 Å². The molecule has 5 heteroatoms. The number of nitrogens with one attached hydrogen (secondary N) is 2. The molecule has 2 atom stereocenters. The van der Waals surface area contributed by atoms with Crippen LogP contribution in [0.2, 0.25) is 0 Å². The number of rotatable bonds is 1. The smallest absolute Gasteiger partial charge is 0.268 e. The van der Waals surface area contributed by atoms with E-state index in [2.05, 4.69) is 17.6 Å². The van der Waals surface area contributed by atoms with Crippen molar-refractivity contribution in [1.29, 1.82) is 0 Å². The Hall–Kier alpha value is -1.62. The van der Waals surface area contributed by atoms with E-state index in [1.54, 1.807) is 0 Å². The highest BCUT2D eigenvalue weighted by atomic mass is 19.1. The van der Waals surface area contributed by atoms with Gasteiger partial charge in [-0.15, -0.1) is 0 Å². The van der Waals surface area contributed by atoms with Crippen molar-refractivity contribution in [2.75, 3.05) is 11.9 Å². The molecule has 4 rings (SSSR count). The average molecular weight is 290 g/mol. The number of benzene rings is 1. The highest BCUT2D eigenvalue weighted by molar-refractivity contribution is 6.02. The van der Waals surface area contributed by atoms with Gasteiger partial charge in [0.05, 0.1) is 0 Å². The highest BCUT2D eigenvalue weighted by Crippen LogP contribution is 2.48. The molecule has 1 amide bonds. The molecule has 0 aromatic heterocycles. The molecule has 3 aliphatic rings. The summed E-state index contributed by atoms with van der Waals surface area (Å²) in [7, 11) is 0. The number of hydrogen-bond donors (Lipinski definition) is 2. The van der Waals surface area contributed by atoms with Crippen LogP contribution in [0.1, 0.15) is 44.2 Å². The minimum absolute atomic E-state index is 0.164. The van der Waals surface area contributed by atoms with Gasteiger partial charge < -0.3 is 15.4 Å². The van der Waals surface area contributed by atoms with E-state index in [9.17, 15) is 9.18 Å². The molecule has 1 saturated heterocycles. The fourth-order valence-corrected chi connectivity index (χ4v) is 3.21. The van der Waals surface area contributed by atoms with Crippen LogP contribution in [0.4, 0.5) is 10.1 Å². The van der Waals surface area contributed by atoms with Crippen molar-refractivity contribution < 1.29 is 13.9 Å². The van der Waals surface area contributed by atoms with Gasteiger partial charge in [0.2, 0.25) is 0 Å². The summed E-state index contributed by atoms with van der Waals surface area (Å²) < 4.78 is 20.1. The maximum atomic E-state index is 14.3. The molecule has 1 unspecified atom stereocenters. The molecule has 1 aromatic rings. The lowest BCUT2D eigenvalue weighted by Gasteiger charge is -2.30. The summed E-state index contributed by atoms with van der Waals surface area (Å²) in [5.41, 5.74) is 0.364. The Kier molecular flexibility index (Phi) is 2.76. The number of anilines is 1. The molecular formula is C16H19FN2O2. The Morgan fingerprint density at radius 2 is 2.14 bits per heavy atom. The topological polar surface area (TPSA) is 50.4 Å². The number of hydrogen-bond acceptors (Lipinski definition) is 3. The van der Waals surface area contributed by atoms with E-state index in [-0.39, 0.29) is 17.6 Å². The molecule has 1 saturated carbocycles. The van der Waals surface area contributed by atoms with Crippen LogP contribution in [0.5, 0.6) is 5.75 Å². The van der Waals surface area contributed by atoms with E-state index in [4.69, 9.17) is 4.74 Å². The first kappa shape index (κ1) is 13.1. The van der Waals surface area contributed by atoms with Crippen molar-refractivity contribution in [2.24, 2.45) is 5.92 Å². The predicted octanol–water partition coefficient (Wildman–Crippen LogP) is 2.75. The number of halogens is 1. The Bertz CT molecular complexity index is 605. The number of amides is 1. The molecular weight excluding hydrogens is 271 g/mol. The van der Waals surface area contributed by atoms with Gasteiger partial charge in [-0.2, -0.15) is 0 Å². The highest BCUT2D eigenvalue weighted by Gasteiger charge is 2.55. The lowest BCUT2D eigenvalue weighted by atomic mass is 9.91. The summed E-state index contributed by atoms with van der Waals surface area (Å²) in [6.45, 7) is 3.16. The molecule has 0 radical (unpaired) electrons. The zero-order chi connectivity index (χ0) is 14.6. The average Bonchev–Trinajstić information content (AvgIpc) is 3.22. The number of fused-ring (bicyclic) bond motifs is 1. The quantitative estimate of drug-likeness (QED) is 0.836. The second kappa shape index (κ2) is 4.44. The lowest BCUT2D eigenvalue weighted by molar-refractivity contribution is -0.125. The van der Waals surface area contributed by atoms with Gasteiger partial charge in [-0.1, -0.05) is 6.92 Å². The third-order valence-corrected chi connectivity index (χ3v) is 4.80. The van der Waals surface area contributed by atoms with Crippen LogP contribution in [-0.4, -0.2) is 18.1 Å². The Morgan fingerprint density at radius 1 is 1.33 bits per heavy atom. The van der Waals surface area contributed by atoms with Gasteiger partial charge in [-0.3, -0.25) is 4.79 Å². The first-order chi connectivity index (χ1) is 10.1. The van der Waals surface area contributed by atoms with E-state index in [0.717, 1.165) is 24.9 Å². The van der Waals surface area contributed by atoms with Gasteiger partial charge in [-0.25, -0.2) is 4.39 Å². The van der Waals surface area contributed by atoms with Crippen molar-refractivity contribution in [3.05, 3.63) is 23.5 Å². The molecule has 2 aliphatic heterocycles. The van der Waals surface area contributed by atoms with Crippen LogP contribution >= 0.6 is 0 Å². The van der Waals surface area contributed by atoms with Crippen LogP contribution in [0.15, 0.2) is 12.1 Å². The Morgan fingerprint density at radius 3 is 2.81 bits per heavy atom. The van der Waals surface area contributed by atoms with E-state index < -0.39 is 11.4 Å². The predicted molar refractivity (Wildman–Crippen MR) is 76.8 cm³/mol. The zero-order valence-electron chi connectivity index (χ0n) is 12.0. The van der Waals surface area contributed by atoms with Crippen molar-refractivity contribution in [1.82, 2.24) is 5.32 Å². The van der Waals surface area contributed by atoms with Crippen molar-refractivity contribution in [3.8, 4) is 5.75 Å². The molecule has 2 N–H and O–H groups in total. The van der Waals surface area contributed by atoms with Gasteiger partial charge in [0.25, 0.3) is 5.91 Å². The second-order valence-electron chi connectivity index (χ2n) is 6.57. The summed E-state index contributed by atoms with van der Waals surface area (Å²) in [6, 6.07) is 3.56. The van der Waals surface area contributed by atoms with Crippen LogP contribution in [0.25, 0.3) is 0 Å². The molecule has 112 valence electrons. The van der Waals surface area contributed by atoms with Gasteiger partial charge >= 0.3 is 0 Å². The van der Waals surface area contributed by atoms with E-state index >= 15 is 0 Å². The standard InChI is InChI=1S/C16H19FN2O2/c1-9-2-3-12(18-8-9)10-6-11(17)14-13(7-10)21-16(4-5-16)15(20)19-14/h6-7,9,12,18H,2-5,8H2,1H3,(H,19,20)/t9-,12?/m0/s1. The Labute approximate surface area is 123 Å². The lowest BCUT2D eigenvalue weighted by Crippen LogP contribution is -2.39. The minimum atomic E-state index is -0.730. The number of ether oxygens (including phenoxy) is 1. The summed E-state index contributed by atoms with van der Waals surface area (Å²) in [4.78, 5) is 11.9. The molecule has 21 heavy (non-hydrogen) atoms. The van der Waals surface area contributed by atoms with E-state index in [0.29, 0.717) is 24.5 Å². The number of piperidine rings is 1. The molecule has 1 aliphatic carbocycles. The first-order valence-corrected chi connectivity index (χ1v) is 7.65. The number of carbonyl (C=O) groups is 1. The van der Waals surface area contributed by atoms with Gasteiger partial charge in [0, 0.05) is 18.9 Å². The third kappa shape index (κ3) is 2.11. The normalized spacial score (nSPS) is 29.5. The third-order valence-electron chi connectivity index (χ3n) is 4.80. The molecule has 1 spiro atoms. The van der Waals surface area contributed by atoms with Crippen molar-refractivity contribution >= 4 is 11.6 Å². The molecule has 1 aromatic carbocycles. The minimum Gasteiger partial charge on any atom is -0.475 e. The fraction of sp³-hybridized carbons (Fsp3) is 0.562. The van der Waals surface area contributed by atoms with E-state index in [1.165, 1.54) is 6.07 Å². The summed E-state index contributed by atoms with van der Waals surface area (Å²) in [6.07, 6.45) is 3.56. The van der Waals surface area contributed by atoms with Crippen LogP contribution in [0.3, 0.4) is 0 Å². The fourth-order valence-electron chi connectivity index (χ4n) is 3.21. The summed E-state index contributed by atoms with van der Waals surface area (Å²) in [5.74, 6) is 0.509. The SMILES string of the molecule is C[C@H]1CCC(c2cc(F)c3c(c2)OC2(CC2)C(=O)N3)NC1. The van der Waals surface area contributed by atoms with E-state index in [1.807, 2.05) is 6.07 Å². The molecule has 2 fully saturated rings. The summed E-state index contributed by atoms with van der Waals surface area (Å²) in [5, 5.41) is 6.11. The van der Waals surface area contributed by atoms with Gasteiger partial charge in [0.1, 0.15) is 11.4 Å². The molecule has 2 heterocycles. The zero-order valence-corrected chi connectivity index (χ0v) is 12.0. The second-order valence-corrected chi connectivity index (χ2v) is 6.57. The number of carbonyl (C=O) groups excluding carboxylic acids is 1. The van der Waals surface area contributed by atoms with Crippen molar-refractivity contribution in [2.45, 2.75) is 44.2 Å². The summed E-state index contributed by atoms with van der Waals surface area (Å²) >= 11 is 0. The van der Waals surface area contributed by atoms with Crippen LogP contribution in [0, 0.1) is 11.7 Å². The maximum Gasteiger partial charge on any atom is 0.268 e. The van der Waals surface area contributed by atoms with Gasteiger partial charge in [0.15, 0.2) is 11.4 Å². The van der Waals surface area contributed by atoms with Crippen LogP contribution < -0.4 is 15.4 Å². The first-order valence-electron chi connectivity index (χ1n) is 7.65. The monoisotopic (exact) mass is 290 g/mol.